The first-order valence-corrected chi connectivity index (χ1v) is 6.43. The summed E-state index contributed by atoms with van der Waals surface area (Å²) in [6.45, 7) is 8.31. The van der Waals surface area contributed by atoms with Gasteiger partial charge in [0.2, 0.25) is 0 Å². The minimum Gasteiger partial charge on any atom is -0.479 e. The molecule has 0 aliphatic heterocycles. The van der Waals surface area contributed by atoms with Crippen LogP contribution in [0.5, 0.6) is 0 Å². The summed E-state index contributed by atoms with van der Waals surface area (Å²) < 4.78 is 0. The molecule has 2 N–H and O–H groups in total. The van der Waals surface area contributed by atoms with Gasteiger partial charge >= 0.3 is 12.0 Å². The number of likely N-dealkylation sites (N-methyl/N-ethyl adjacent to an activating group) is 1. The van der Waals surface area contributed by atoms with E-state index in [9.17, 15) is 14.7 Å². The number of carbonyl (C=O) groups is 2. The Kier molecular flexibility index (Phi) is 5.77. The predicted octanol–water partition coefficient (Wildman–Crippen LogP) is 2.42. The zero-order valence-electron chi connectivity index (χ0n) is 11.8. The van der Waals surface area contributed by atoms with E-state index < -0.39 is 18.0 Å². The van der Waals surface area contributed by atoms with Crippen molar-refractivity contribution in [3.8, 4) is 0 Å². The highest BCUT2D eigenvalue weighted by molar-refractivity contribution is 5.83. The van der Waals surface area contributed by atoms with Gasteiger partial charge in [-0.1, -0.05) is 42.5 Å². The Morgan fingerprint density at radius 2 is 1.95 bits per heavy atom. The van der Waals surface area contributed by atoms with Crippen molar-refractivity contribution >= 4 is 12.0 Å². The largest absolute Gasteiger partial charge is 0.479 e. The molecule has 0 fully saturated rings. The number of carbonyl (C=O) groups excluding carboxylic acids is 1. The predicted molar refractivity (Wildman–Crippen MR) is 77.4 cm³/mol. The number of carboxylic acid groups (broad SMARTS) is 1. The molecule has 0 aliphatic carbocycles. The maximum atomic E-state index is 12.1. The van der Waals surface area contributed by atoms with Crippen LogP contribution in [0.4, 0.5) is 4.79 Å². The van der Waals surface area contributed by atoms with Crippen molar-refractivity contribution in [1.29, 1.82) is 0 Å². The summed E-state index contributed by atoms with van der Waals surface area (Å²) in [5, 5.41) is 11.8. The number of benzene rings is 1. The molecule has 0 spiro atoms. The van der Waals surface area contributed by atoms with E-state index in [-0.39, 0.29) is 0 Å². The Hall–Kier alpha value is -2.30. The molecule has 0 saturated heterocycles. The molecule has 20 heavy (non-hydrogen) atoms. The molecule has 5 heteroatoms. The zero-order chi connectivity index (χ0) is 15.1. The third-order valence-corrected chi connectivity index (χ3v) is 2.78. The molecule has 2 amide bonds. The van der Waals surface area contributed by atoms with Crippen LogP contribution in [0.1, 0.15) is 25.5 Å². The normalized spacial score (nSPS) is 11.5. The molecular weight excluding hydrogens is 256 g/mol. The first-order valence-electron chi connectivity index (χ1n) is 6.43. The van der Waals surface area contributed by atoms with Crippen LogP contribution >= 0.6 is 0 Å². The van der Waals surface area contributed by atoms with E-state index >= 15 is 0 Å². The van der Waals surface area contributed by atoms with E-state index in [0.717, 1.165) is 5.57 Å². The summed E-state index contributed by atoms with van der Waals surface area (Å²) in [5.74, 6) is -1.09. The minimum atomic E-state index is -1.09. The van der Waals surface area contributed by atoms with Crippen LogP contribution in [0.25, 0.3) is 0 Å². The fourth-order valence-corrected chi connectivity index (χ4v) is 1.80. The lowest BCUT2D eigenvalue weighted by atomic mass is 10.1. The van der Waals surface area contributed by atoms with Gasteiger partial charge in [0.1, 0.15) is 0 Å². The van der Waals surface area contributed by atoms with Crippen LogP contribution in [0.2, 0.25) is 0 Å². The van der Waals surface area contributed by atoms with Crippen molar-refractivity contribution in [2.45, 2.75) is 19.9 Å². The second kappa shape index (κ2) is 7.33. The standard InChI is InChI=1S/C15H20N2O3/c1-4-17(10-11(2)3)15(20)16-13(14(18)19)12-8-6-5-7-9-12/h5-9,13H,2,4,10H2,1,3H3,(H,16,20)(H,18,19)/t13-/m0/s1. The van der Waals surface area contributed by atoms with Crippen molar-refractivity contribution in [1.82, 2.24) is 10.2 Å². The van der Waals surface area contributed by atoms with Gasteiger partial charge in [0, 0.05) is 13.1 Å². The maximum absolute atomic E-state index is 12.1. The molecule has 1 aromatic carbocycles. The Bertz CT molecular complexity index is 485. The van der Waals surface area contributed by atoms with Gasteiger partial charge in [0.15, 0.2) is 6.04 Å². The van der Waals surface area contributed by atoms with E-state index in [1.165, 1.54) is 4.90 Å². The molecule has 0 bridgehead atoms. The summed E-state index contributed by atoms with van der Waals surface area (Å²) in [4.78, 5) is 24.9. The van der Waals surface area contributed by atoms with E-state index in [1.807, 2.05) is 13.8 Å². The lowest BCUT2D eigenvalue weighted by Gasteiger charge is -2.24. The van der Waals surface area contributed by atoms with Crippen molar-refractivity contribution < 1.29 is 14.7 Å². The van der Waals surface area contributed by atoms with Crippen LogP contribution in [-0.4, -0.2) is 35.1 Å². The first-order chi connectivity index (χ1) is 9.45. The maximum Gasteiger partial charge on any atom is 0.330 e. The topological polar surface area (TPSA) is 69.6 Å². The van der Waals surface area contributed by atoms with E-state index in [1.54, 1.807) is 30.3 Å². The number of carboxylic acids is 1. The van der Waals surface area contributed by atoms with Gasteiger partial charge in [-0.05, 0) is 19.4 Å². The first kappa shape index (κ1) is 15.8. The van der Waals surface area contributed by atoms with Gasteiger partial charge in [-0.2, -0.15) is 0 Å². The number of hydrogen-bond acceptors (Lipinski definition) is 2. The number of aliphatic carboxylic acids is 1. The summed E-state index contributed by atoms with van der Waals surface area (Å²) >= 11 is 0. The van der Waals surface area contributed by atoms with Gasteiger partial charge in [-0.25, -0.2) is 9.59 Å². The van der Waals surface area contributed by atoms with Crippen LogP contribution in [0, 0.1) is 0 Å². The van der Waals surface area contributed by atoms with E-state index in [4.69, 9.17) is 0 Å². The molecule has 1 rings (SSSR count). The fraction of sp³-hybridized carbons (Fsp3) is 0.333. The molecular formula is C15H20N2O3. The number of hydrogen-bond donors (Lipinski definition) is 2. The van der Waals surface area contributed by atoms with Gasteiger partial charge in [0.05, 0.1) is 0 Å². The van der Waals surface area contributed by atoms with Gasteiger partial charge in [-0.15, -0.1) is 0 Å². The van der Waals surface area contributed by atoms with Crippen molar-refractivity contribution in [3.63, 3.8) is 0 Å². The SMILES string of the molecule is C=C(C)CN(CC)C(=O)N[C@H](C(=O)O)c1ccccc1. The molecule has 5 nitrogen and oxygen atoms in total. The lowest BCUT2D eigenvalue weighted by molar-refractivity contribution is -0.139. The lowest BCUT2D eigenvalue weighted by Crippen LogP contribution is -2.44. The second-order valence-corrected chi connectivity index (χ2v) is 4.60. The van der Waals surface area contributed by atoms with Crippen molar-refractivity contribution in [3.05, 3.63) is 48.0 Å². The quantitative estimate of drug-likeness (QED) is 0.784. The summed E-state index contributed by atoms with van der Waals surface area (Å²) in [5.41, 5.74) is 1.38. The smallest absolute Gasteiger partial charge is 0.330 e. The number of nitrogens with one attached hydrogen (secondary N) is 1. The van der Waals surface area contributed by atoms with Gasteiger partial charge in [0.25, 0.3) is 0 Å². The monoisotopic (exact) mass is 276 g/mol. The molecule has 0 aliphatic rings. The Morgan fingerprint density at radius 3 is 2.40 bits per heavy atom. The Morgan fingerprint density at radius 1 is 1.35 bits per heavy atom. The Labute approximate surface area is 118 Å². The molecule has 0 radical (unpaired) electrons. The third kappa shape index (κ3) is 4.42. The molecule has 0 aromatic heterocycles. The minimum absolute atomic E-state index is 0.406. The number of rotatable bonds is 6. The van der Waals surface area contributed by atoms with Crippen molar-refractivity contribution in [2.75, 3.05) is 13.1 Å². The van der Waals surface area contributed by atoms with E-state index in [2.05, 4.69) is 11.9 Å². The number of amides is 2. The third-order valence-electron chi connectivity index (χ3n) is 2.78. The zero-order valence-corrected chi connectivity index (χ0v) is 11.8. The summed E-state index contributed by atoms with van der Waals surface area (Å²) in [6.07, 6.45) is 0. The molecule has 1 atom stereocenters. The van der Waals surface area contributed by atoms with Crippen LogP contribution < -0.4 is 5.32 Å². The molecule has 0 unspecified atom stereocenters. The molecule has 108 valence electrons. The molecule has 0 heterocycles. The Balaban J connectivity index is 2.83. The molecule has 0 saturated carbocycles. The highest BCUT2D eigenvalue weighted by atomic mass is 16.4. The van der Waals surface area contributed by atoms with Gasteiger partial charge in [-0.3, -0.25) is 0 Å². The van der Waals surface area contributed by atoms with Crippen LogP contribution in [-0.2, 0) is 4.79 Å². The summed E-state index contributed by atoms with van der Waals surface area (Å²) in [7, 11) is 0. The summed E-state index contributed by atoms with van der Waals surface area (Å²) in [6, 6.07) is 7.16. The number of urea groups is 1. The molecule has 1 aromatic rings. The van der Waals surface area contributed by atoms with E-state index in [0.29, 0.717) is 18.7 Å². The highest BCUT2D eigenvalue weighted by Crippen LogP contribution is 2.13. The van der Waals surface area contributed by atoms with Crippen molar-refractivity contribution in [2.24, 2.45) is 0 Å². The van der Waals surface area contributed by atoms with Gasteiger partial charge < -0.3 is 15.3 Å². The van der Waals surface area contributed by atoms with Crippen LogP contribution in [0.15, 0.2) is 42.5 Å². The second-order valence-electron chi connectivity index (χ2n) is 4.60. The average molecular weight is 276 g/mol. The highest BCUT2D eigenvalue weighted by Gasteiger charge is 2.24. The fourth-order valence-electron chi connectivity index (χ4n) is 1.80. The number of nitrogens with zero attached hydrogens (tertiary/aromatic N) is 1. The average Bonchev–Trinajstić information content (AvgIpc) is 2.42. The van der Waals surface area contributed by atoms with Crippen LogP contribution in [0.3, 0.4) is 0 Å².